The predicted molar refractivity (Wildman–Crippen MR) is 101 cm³/mol. The Morgan fingerprint density at radius 1 is 1.15 bits per heavy atom. The Morgan fingerprint density at radius 2 is 1.96 bits per heavy atom. The van der Waals surface area contributed by atoms with E-state index in [1.807, 2.05) is 18.2 Å². The quantitative estimate of drug-likeness (QED) is 0.701. The number of rotatable bonds is 7. The van der Waals surface area contributed by atoms with Crippen LogP contribution in [0.15, 0.2) is 42.5 Å². The highest BCUT2D eigenvalue weighted by Gasteiger charge is 2.32. The Morgan fingerprint density at radius 3 is 2.70 bits per heavy atom. The number of amides is 1. The molecule has 0 aliphatic carbocycles. The number of methoxy groups -OCH3 is 2. The van der Waals surface area contributed by atoms with Crippen molar-refractivity contribution in [2.75, 3.05) is 27.4 Å². The van der Waals surface area contributed by atoms with E-state index < -0.39 is 0 Å². The van der Waals surface area contributed by atoms with Gasteiger partial charge in [-0.1, -0.05) is 12.1 Å². The third-order valence-corrected chi connectivity index (χ3v) is 4.77. The summed E-state index contributed by atoms with van der Waals surface area (Å²) in [7, 11) is 3.23. The second-order valence-corrected chi connectivity index (χ2v) is 6.30. The van der Waals surface area contributed by atoms with Crippen LogP contribution in [0, 0.1) is 0 Å². The van der Waals surface area contributed by atoms with Crippen LogP contribution in [0.25, 0.3) is 0 Å². The standard InChI is InChI=1S/C21H23NO5/c1-25-16-9-10-20(26-2)17(12-16)18-7-5-11-22(18)21(24)14-27-19-8-4-3-6-15(19)13-23/h3-4,6,8-10,12-13,18H,5,7,11,14H2,1-2H3. The van der Waals surface area contributed by atoms with E-state index in [2.05, 4.69) is 0 Å². The van der Waals surface area contributed by atoms with Gasteiger partial charge in [0.1, 0.15) is 17.2 Å². The minimum atomic E-state index is -0.122. The molecule has 1 amide bonds. The third-order valence-electron chi connectivity index (χ3n) is 4.77. The first-order valence-corrected chi connectivity index (χ1v) is 8.86. The summed E-state index contributed by atoms with van der Waals surface area (Å²) in [4.78, 5) is 25.7. The molecule has 1 fully saturated rings. The maximum Gasteiger partial charge on any atom is 0.261 e. The number of nitrogens with zero attached hydrogens (tertiary/aromatic N) is 1. The monoisotopic (exact) mass is 369 g/mol. The van der Waals surface area contributed by atoms with Gasteiger partial charge in [-0.3, -0.25) is 9.59 Å². The van der Waals surface area contributed by atoms with Gasteiger partial charge in [-0.2, -0.15) is 0 Å². The molecule has 0 aromatic heterocycles. The van der Waals surface area contributed by atoms with E-state index in [0.29, 0.717) is 17.9 Å². The predicted octanol–water partition coefficient (Wildman–Crippen LogP) is 3.26. The van der Waals surface area contributed by atoms with Crippen LogP contribution in [0.4, 0.5) is 0 Å². The van der Waals surface area contributed by atoms with Gasteiger partial charge in [0.2, 0.25) is 0 Å². The van der Waals surface area contributed by atoms with E-state index in [-0.39, 0.29) is 18.6 Å². The lowest BCUT2D eigenvalue weighted by molar-refractivity contribution is -0.134. The second-order valence-electron chi connectivity index (χ2n) is 6.30. The summed E-state index contributed by atoms with van der Waals surface area (Å²) in [6.07, 6.45) is 2.47. The van der Waals surface area contributed by atoms with Crippen molar-refractivity contribution < 1.29 is 23.8 Å². The molecule has 1 saturated heterocycles. The first kappa shape index (κ1) is 18.8. The molecular weight excluding hydrogens is 346 g/mol. The van der Waals surface area contributed by atoms with Gasteiger partial charge in [0.15, 0.2) is 12.9 Å². The summed E-state index contributed by atoms with van der Waals surface area (Å²) in [5, 5.41) is 0. The highest BCUT2D eigenvalue weighted by Crippen LogP contribution is 2.39. The average Bonchev–Trinajstić information content (AvgIpc) is 3.21. The smallest absolute Gasteiger partial charge is 0.261 e. The fourth-order valence-corrected chi connectivity index (χ4v) is 3.42. The van der Waals surface area contributed by atoms with Crippen LogP contribution in [-0.2, 0) is 4.79 Å². The average molecular weight is 369 g/mol. The highest BCUT2D eigenvalue weighted by molar-refractivity contribution is 5.81. The zero-order chi connectivity index (χ0) is 19.2. The zero-order valence-electron chi connectivity index (χ0n) is 15.5. The topological polar surface area (TPSA) is 65.1 Å². The molecule has 1 aliphatic rings. The summed E-state index contributed by atoms with van der Waals surface area (Å²) >= 11 is 0. The number of hydrogen-bond acceptors (Lipinski definition) is 5. The first-order chi connectivity index (χ1) is 13.2. The molecule has 0 bridgehead atoms. The van der Waals surface area contributed by atoms with Gasteiger partial charge >= 0.3 is 0 Å². The van der Waals surface area contributed by atoms with Crippen LogP contribution in [0.3, 0.4) is 0 Å². The van der Waals surface area contributed by atoms with Crippen molar-refractivity contribution in [1.29, 1.82) is 0 Å². The van der Waals surface area contributed by atoms with Crippen LogP contribution in [0.2, 0.25) is 0 Å². The number of hydrogen-bond donors (Lipinski definition) is 0. The minimum absolute atomic E-state index is 0.0903. The van der Waals surface area contributed by atoms with Crippen LogP contribution >= 0.6 is 0 Å². The molecule has 0 N–H and O–H groups in total. The molecule has 27 heavy (non-hydrogen) atoms. The van der Waals surface area contributed by atoms with Gasteiger partial charge in [0, 0.05) is 12.1 Å². The Balaban J connectivity index is 1.76. The summed E-state index contributed by atoms with van der Waals surface area (Å²) in [5.41, 5.74) is 1.36. The van der Waals surface area contributed by atoms with Crippen molar-refractivity contribution >= 4 is 12.2 Å². The minimum Gasteiger partial charge on any atom is -0.497 e. The fraction of sp³-hybridized carbons (Fsp3) is 0.333. The summed E-state index contributed by atoms with van der Waals surface area (Å²) in [6.45, 7) is 0.538. The SMILES string of the molecule is COc1ccc(OC)c(C2CCCN2C(=O)COc2ccccc2C=O)c1. The third kappa shape index (κ3) is 4.05. The Bertz CT molecular complexity index is 820. The maximum absolute atomic E-state index is 12.8. The summed E-state index contributed by atoms with van der Waals surface area (Å²) in [6, 6.07) is 12.4. The van der Waals surface area contributed by atoms with Gasteiger partial charge < -0.3 is 19.1 Å². The molecular formula is C21H23NO5. The van der Waals surface area contributed by atoms with Crippen LogP contribution in [-0.4, -0.2) is 44.5 Å². The molecule has 1 aliphatic heterocycles. The van der Waals surface area contributed by atoms with Gasteiger partial charge in [-0.25, -0.2) is 0 Å². The molecule has 2 aromatic carbocycles. The zero-order valence-corrected chi connectivity index (χ0v) is 15.5. The molecule has 0 spiro atoms. The normalized spacial score (nSPS) is 16.1. The highest BCUT2D eigenvalue weighted by atomic mass is 16.5. The molecule has 0 saturated carbocycles. The van der Waals surface area contributed by atoms with Crippen molar-refractivity contribution in [1.82, 2.24) is 4.90 Å². The number of aldehydes is 1. The van der Waals surface area contributed by atoms with Crippen molar-refractivity contribution in [2.45, 2.75) is 18.9 Å². The molecule has 6 nitrogen and oxygen atoms in total. The number of carbonyl (C=O) groups excluding carboxylic acids is 2. The number of benzene rings is 2. The molecule has 1 unspecified atom stereocenters. The van der Waals surface area contributed by atoms with E-state index in [9.17, 15) is 9.59 Å². The van der Waals surface area contributed by atoms with E-state index in [4.69, 9.17) is 14.2 Å². The molecule has 1 heterocycles. The van der Waals surface area contributed by atoms with Crippen molar-refractivity contribution in [3.63, 3.8) is 0 Å². The lowest BCUT2D eigenvalue weighted by Gasteiger charge is -2.26. The van der Waals surface area contributed by atoms with E-state index in [1.54, 1.807) is 43.4 Å². The van der Waals surface area contributed by atoms with Gasteiger partial charge in [0.25, 0.3) is 5.91 Å². The number of ether oxygens (including phenoxy) is 3. The number of para-hydroxylation sites is 1. The van der Waals surface area contributed by atoms with E-state index in [0.717, 1.165) is 36.2 Å². The largest absolute Gasteiger partial charge is 0.497 e. The molecule has 2 aromatic rings. The second kappa shape index (κ2) is 8.58. The number of carbonyl (C=O) groups is 2. The van der Waals surface area contributed by atoms with E-state index >= 15 is 0 Å². The number of likely N-dealkylation sites (tertiary alicyclic amines) is 1. The Hall–Kier alpha value is -3.02. The lowest BCUT2D eigenvalue weighted by atomic mass is 10.0. The van der Waals surface area contributed by atoms with Crippen LogP contribution in [0.1, 0.15) is 34.8 Å². The van der Waals surface area contributed by atoms with Crippen molar-refractivity contribution in [3.05, 3.63) is 53.6 Å². The maximum atomic E-state index is 12.8. The Labute approximate surface area is 158 Å². The fourth-order valence-electron chi connectivity index (χ4n) is 3.42. The first-order valence-electron chi connectivity index (χ1n) is 8.86. The van der Waals surface area contributed by atoms with Gasteiger partial charge in [0.05, 0.1) is 25.8 Å². The molecule has 1 atom stereocenters. The molecule has 3 rings (SSSR count). The van der Waals surface area contributed by atoms with Crippen molar-refractivity contribution in [2.24, 2.45) is 0 Å². The van der Waals surface area contributed by atoms with Crippen molar-refractivity contribution in [3.8, 4) is 17.2 Å². The van der Waals surface area contributed by atoms with E-state index in [1.165, 1.54) is 0 Å². The lowest BCUT2D eigenvalue weighted by Crippen LogP contribution is -2.34. The van der Waals surface area contributed by atoms with Crippen LogP contribution < -0.4 is 14.2 Å². The van der Waals surface area contributed by atoms with Gasteiger partial charge in [-0.05, 0) is 43.2 Å². The summed E-state index contributed by atoms with van der Waals surface area (Å²) in [5.74, 6) is 1.74. The van der Waals surface area contributed by atoms with Gasteiger partial charge in [-0.15, -0.1) is 0 Å². The summed E-state index contributed by atoms with van der Waals surface area (Å²) < 4.78 is 16.4. The molecule has 0 radical (unpaired) electrons. The molecule has 142 valence electrons. The van der Waals surface area contributed by atoms with Crippen LogP contribution in [0.5, 0.6) is 17.2 Å². The Kier molecular flexibility index (Phi) is 5.96. The molecule has 6 heteroatoms.